The number of hydrogen-bond acceptors (Lipinski definition) is 0. The van der Waals surface area contributed by atoms with Crippen molar-refractivity contribution < 1.29 is 0 Å². The lowest BCUT2D eigenvalue weighted by molar-refractivity contribution is 1.44. The summed E-state index contributed by atoms with van der Waals surface area (Å²) in [6.45, 7) is 10.1. The van der Waals surface area contributed by atoms with Crippen molar-refractivity contribution in [1.29, 1.82) is 0 Å². The molecule has 0 saturated heterocycles. The number of hydrogen-bond donors (Lipinski definition) is 0. The summed E-state index contributed by atoms with van der Waals surface area (Å²) in [5, 5.41) is 0. The molecule has 0 nitrogen and oxygen atoms in total. The quantitative estimate of drug-likeness (QED) is 0.325. The number of allylic oxidation sites excluding steroid dienone is 5. The minimum atomic E-state index is 1.05. The third-order valence-electron chi connectivity index (χ3n) is 4.52. The van der Waals surface area contributed by atoms with Crippen LogP contribution < -0.4 is 0 Å². The van der Waals surface area contributed by atoms with E-state index in [2.05, 4.69) is 92.9 Å². The van der Waals surface area contributed by atoms with Crippen LogP contribution in [0.2, 0.25) is 0 Å². The lowest BCUT2D eigenvalue weighted by Crippen LogP contribution is -1.97. The van der Waals surface area contributed by atoms with Crippen molar-refractivity contribution in [3.63, 3.8) is 0 Å². The zero-order chi connectivity index (χ0) is 19.1. The molecule has 0 fully saturated rings. The van der Waals surface area contributed by atoms with Crippen LogP contribution in [0, 0.1) is 6.92 Å². The topological polar surface area (TPSA) is 0 Å². The van der Waals surface area contributed by atoms with E-state index < -0.39 is 0 Å². The molecule has 0 aliphatic carbocycles. The number of benzene rings is 3. The van der Waals surface area contributed by atoms with Gasteiger partial charge in [0.25, 0.3) is 0 Å². The SMILES string of the molecule is C=C/C=C(\C=C)C(=C(c1ccccc1)c1ccccc1)c1ccc(C)cc1. The van der Waals surface area contributed by atoms with Crippen molar-refractivity contribution in [3.05, 3.63) is 144 Å². The molecule has 0 aliphatic rings. The van der Waals surface area contributed by atoms with Crippen molar-refractivity contribution in [2.75, 3.05) is 0 Å². The maximum absolute atomic E-state index is 4.06. The lowest BCUT2D eigenvalue weighted by atomic mass is 9.85. The van der Waals surface area contributed by atoms with E-state index in [1.54, 1.807) is 0 Å². The van der Waals surface area contributed by atoms with Crippen LogP contribution in [0.4, 0.5) is 0 Å². The first-order valence-electron chi connectivity index (χ1n) is 9.12. The molecule has 3 aromatic rings. The molecular formula is C27H24. The highest BCUT2D eigenvalue weighted by Crippen LogP contribution is 2.37. The third kappa shape index (κ3) is 4.24. The molecule has 0 heterocycles. The van der Waals surface area contributed by atoms with E-state index in [1.807, 2.05) is 30.4 Å². The molecule has 0 aliphatic heterocycles. The Morgan fingerprint density at radius 1 is 0.667 bits per heavy atom. The van der Waals surface area contributed by atoms with Crippen LogP contribution in [0.15, 0.2) is 122 Å². The van der Waals surface area contributed by atoms with Gasteiger partial charge in [0.05, 0.1) is 0 Å². The molecule has 0 unspecified atom stereocenters. The highest BCUT2D eigenvalue weighted by Gasteiger charge is 2.16. The Morgan fingerprint density at radius 2 is 1.19 bits per heavy atom. The van der Waals surface area contributed by atoms with Crippen LogP contribution in [-0.2, 0) is 0 Å². The summed E-state index contributed by atoms with van der Waals surface area (Å²) in [6, 6.07) is 29.7. The zero-order valence-corrected chi connectivity index (χ0v) is 15.7. The minimum absolute atomic E-state index is 1.05. The van der Waals surface area contributed by atoms with Gasteiger partial charge < -0.3 is 0 Å². The third-order valence-corrected chi connectivity index (χ3v) is 4.52. The van der Waals surface area contributed by atoms with Crippen molar-refractivity contribution in [1.82, 2.24) is 0 Å². The molecule has 27 heavy (non-hydrogen) atoms. The fraction of sp³-hybridized carbons (Fsp3) is 0.0370. The zero-order valence-electron chi connectivity index (χ0n) is 15.7. The smallest absolute Gasteiger partial charge is 0.00268 e. The van der Waals surface area contributed by atoms with E-state index in [9.17, 15) is 0 Å². The van der Waals surface area contributed by atoms with Gasteiger partial charge in [-0.3, -0.25) is 0 Å². The first-order chi connectivity index (χ1) is 13.2. The van der Waals surface area contributed by atoms with Gasteiger partial charge >= 0.3 is 0 Å². The Morgan fingerprint density at radius 3 is 1.63 bits per heavy atom. The summed E-state index contributed by atoms with van der Waals surface area (Å²) < 4.78 is 0. The van der Waals surface area contributed by atoms with Gasteiger partial charge in [0.2, 0.25) is 0 Å². The first kappa shape index (κ1) is 18.4. The van der Waals surface area contributed by atoms with Gasteiger partial charge in [-0.15, -0.1) is 0 Å². The van der Waals surface area contributed by atoms with E-state index >= 15 is 0 Å². The van der Waals surface area contributed by atoms with Crippen molar-refractivity contribution in [2.45, 2.75) is 6.92 Å². The summed E-state index contributed by atoms with van der Waals surface area (Å²) >= 11 is 0. The summed E-state index contributed by atoms with van der Waals surface area (Å²) in [6.07, 6.45) is 5.75. The molecular weight excluding hydrogens is 324 g/mol. The van der Waals surface area contributed by atoms with Gasteiger partial charge in [-0.2, -0.15) is 0 Å². The predicted octanol–water partition coefficient (Wildman–Crippen LogP) is 7.25. The maximum atomic E-state index is 4.06. The highest BCUT2D eigenvalue weighted by atomic mass is 14.2. The van der Waals surface area contributed by atoms with Gasteiger partial charge in [0.15, 0.2) is 0 Å². The van der Waals surface area contributed by atoms with Crippen LogP contribution in [0.5, 0.6) is 0 Å². The van der Waals surface area contributed by atoms with E-state index in [4.69, 9.17) is 0 Å². The normalized spacial score (nSPS) is 10.9. The van der Waals surface area contributed by atoms with E-state index in [0.717, 1.165) is 16.7 Å². The highest BCUT2D eigenvalue weighted by molar-refractivity contribution is 6.05. The maximum Gasteiger partial charge on any atom is -0.00268 e. The lowest BCUT2D eigenvalue weighted by Gasteiger charge is -2.18. The summed E-state index contributed by atoms with van der Waals surface area (Å²) in [5.41, 5.74) is 8.15. The summed E-state index contributed by atoms with van der Waals surface area (Å²) in [4.78, 5) is 0. The molecule has 3 aromatic carbocycles. The predicted molar refractivity (Wildman–Crippen MR) is 118 cm³/mol. The molecule has 0 spiro atoms. The largest absolute Gasteiger partial charge is 0.0990 e. The Bertz CT molecular complexity index is 928. The second-order valence-electron chi connectivity index (χ2n) is 6.41. The molecule has 0 radical (unpaired) electrons. The molecule has 0 N–H and O–H groups in total. The summed E-state index contributed by atoms with van der Waals surface area (Å²) in [7, 11) is 0. The monoisotopic (exact) mass is 348 g/mol. The molecule has 3 rings (SSSR count). The van der Waals surface area contributed by atoms with E-state index in [-0.39, 0.29) is 0 Å². The molecule has 0 atom stereocenters. The van der Waals surface area contributed by atoms with E-state index in [1.165, 1.54) is 22.3 Å². The standard InChI is InChI=1S/C27H24/c1-4-12-22(5-2)26(25-19-17-21(3)18-20-25)27(23-13-8-6-9-14-23)24-15-10-7-11-16-24/h4-20H,1-2H2,3H3/b22-12+. The Balaban J connectivity index is 2.42. The van der Waals surface area contributed by atoms with Crippen LogP contribution in [0.3, 0.4) is 0 Å². The molecule has 0 bridgehead atoms. The van der Waals surface area contributed by atoms with Gasteiger partial charge in [-0.05, 0) is 40.3 Å². The summed E-state index contributed by atoms with van der Waals surface area (Å²) in [5.74, 6) is 0. The number of rotatable bonds is 6. The van der Waals surface area contributed by atoms with Crippen molar-refractivity contribution >= 4 is 11.1 Å². The Labute approximate surface area is 162 Å². The van der Waals surface area contributed by atoms with Gasteiger partial charge in [-0.1, -0.05) is 122 Å². The second kappa shape index (κ2) is 8.82. The number of aryl methyl sites for hydroxylation is 1. The van der Waals surface area contributed by atoms with Gasteiger partial charge in [-0.25, -0.2) is 0 Å². The molecule has 0 saturated carbocycles. The van der Waals surface area contributed by atoms with Crippen LogP contribution >= 0.6 is 0 Å². The van der Waals surface area contributed by atoms with Crippen LogP contribution in [-0.4, -0.2) is 0 Å². The molecule has 0 amide bonds. The second-order valence-corrected chi connectivity index (χ2v) is 6.41. The fourth-order valence-electron chi connectivity index (χ4n) is 3.22. The molecule has 0 heteroatoms. The van der Waals surface area contributed by atoms with Crippen LogP contribution in [0.25, 0.3) is 11.1 Å². The average Bonchev–Trinajstić information content (AvgIpc) is 2.73. The van der Waals surface area contributed by atoms with E-state index in [0.29, 0.717) is 0 Å². The Hall–Kier alpha value is -3.38. The minimum Gasteiger partial charge on any atom is -0.0990 e. The van der Waals surface area contributed by atoms with Crippen molar-refractivity contribution in [3.8, 4) is 0 Å². The van der Waals surface area contributed by atoms with Gasteiger partial charge in [0, 0.05) is 0 Å². The first-order valence-corrected chi connectivity index (χ1v) is 9.12. The molecule has 0 aromatic heterocycles. The van der Waals surface area contributed by atoms with Crippen LogP contribution in [0.1, 0.15) is 22.3 Å². The van der Waals surface area contributed by atoms with Crippen molar-refractivity contribution in [2.24, 2.45) is 0 Å². The fourth-order valence-corrected chi connectivity index (χ4v) is 3.22. The average molecular weight is 348 g/mol. The van der Waals surface area contributed by atoms with Gasteiger partial charge in [0.1, 0.15) is 0 Å². The molecule has 132 valence electrons. The Kier molecular flexibility index (Phi) is 6.02.